The summed E-state index contributed by atoms with van der Waals surface area (Å²) >= 11 is 0. The third kappa shape index (κ3) is 3.35. The Morgan fingerprint density at radius 2 is 1.79 bits per heavy atom. The molecule has 1 aromatic heterocycles. The molecule has 0 spiro atoms. The normalized spacial score (nSPS) is 22.4. The second-order valence-corrected chi connectivity index (χ2v) is 6.65. The van der Waals surface area contributed by atoms with Crippen molar-refractivity contribution in [1.29, 1.82) is 0 Å². The van der Waals surface area contributed by atoms with Crippen LogP contribution in [0.15, 0.2) is 54.7 Å². The number of carbonyl (C=O) groups excluding carboxylic acids is 1. The lowest BCUT2D eigenvalue weighted by Gasteiger charge is -2.35. The number of benzene rings is 1. The van der Waals surface area contributed by atoms with Crippen molar-refractivity contribution >= 4 is 13.2 Å². The molecule has 2 aromatic rings. The van der Waals surface area contributed by atoms with Gasteiger partial charge in [-0.3, -0.25) is 9.78 Å². The van der Waals surface area contributed by atoms with Crippen LogP contribution in [0.5, 0.6) is 0 Å². The molecule has 5 nitrogen and oxygen atoms in total. The molecule has 1 aromatic carbocycles. The van der Waals surface area contributed by atoms with Crippen LogP contribution < -0.4 is 5.23 Å². The van der Waals surface area contributed by atoms with Gasteiger partial charge in [0, 0.05) is 23.9 Å². The standard InChI is InChI=1S/C18H21BN2O3/c1-17(2)18(3,13-15-11-7-8-12-20-15)24-19(23-17)21-16(22)14-9-5-4-6-10-14/h4-12H,13H2,1-3H3,(H,21,22). The van der Waals surface area contributed by atoms with E-state index in [1.807, 2.05) is 57.2 Å². The topological polar surface area (TPSA) is 60.5 Å². The molecule has 0 radical (unpaired) electrons. The van der Waals surface area contributed by atoms with Crippen LogP contribution in [0, 0.1) is 0 Å². The largest absolute Gasteiger partial charge is 0.594 e. The summed E-state index contributed by atoms with van der Waals surface area (Å²) in [5, 5.41) is 2.79. The number of aromatic nitrogens is 1. The highest BCUT2D eigenvalue weighted by atomic mass is 16.7. The quantitative estimate of drug-likeness (QED) is 0.879. The molecule has 1 aliphatic rings. The van der Waals surface area contributed by atoms with Crippen LogP contribution in [0.2, 0.25) is 0 Å². The Morgan fingerprint density at radius 1 is 1.08 bits per heavy atom. The molecule has 0 bridgehead atoms. The average molecular weight is 324 g/mol. The predicted octanol–water partition coefficient (Wildman–Crippen LogP) is 2.62. The lowest BCUT2D eigenvalue weighted by atomic mass is 9.84. The van der Waals surface area contributed by atoms with E-state index in [9.17, 15) is 4.79 Å². The van der Waals surface area contributed by atoms with Crippen LogP contribution >= 0.6 is 0 Å². The van der Waals surface area contributed by atoms with Gasteiger partial charge in [0.25, 0.3) is 0 Å². The smallest absolute Gasteiger partial charge is 0.384 e. The molecule has 24 heavy (non-hydrogen) atoms. The van der Waals surface area contributed by atoms with Crippen molar-refractivity contribution in [3.8, 4) is 0 Å². The predicted molar refractivity (Wildman–Crippen MR) is 92.3 cm³/mol. The highest BCUT2D eigenvalue weighted by Gasteiger charge is 2.55. The zero-order valence-electron chi connectivity index (χ0n) is 14.2. The van der Waals surface area contributed by atoms with Crippen molar-refractivity contribution in [2.75, 3.05) is 0 Å². The fraction of sp³-hybridized carbons (Fsp3) is 0.333. The summed E-state index contributed by atoms with van der Waals surface area (Å²) in [6, 6.07) is 14.8. The van der Waals surface area contributed by atoms with E-state index in [2.05, 4.69) is 10.2 Å². The number of pyridine rings is 1. The van der Waals surface area contributed by atoms with Gasteiger partial charge in [0.05, 0.1) is 11.2 Å². The van der Waals surface area contributed by atoms with E-state index in [0.29, 0.717) is 12.0 Å². The number of nitrogens with zero attached hydrogens (tertiary/aromatic N) is 1. The van der Waals surface area contributed by atoms with Gasteiger partial charge < -0.3 is 14.5 Å². The molecule has 6 heteroatoms. The Hall–Kier alpha value is -2.18. The summed E-state index contributed by atoms with van der Waals surface area (Å²) in [6.45, 7) is 5.91. The molecule has 1 aliphatic heterocycles. The summed E-state index contributed by atoms with van der Waals surface area (Å²) in [5.41, 5.74) is 0.322. The monoisotopic (exact) mass is 324 g/mol. The van der Waals surface area contributed by atoms with E-state index in [-0.39, 0.29) is 5.91 Å². The van der Waals surface area contributed by atoms with Crippen LogP contribution in [0.1, 0.15) is 36.8 Å². The molecule has 2 heterocycles. The molecule has 0 aliphatic carbocycles. The van der Waals surface area contributed by atoms with Crippen LogP contribution in [0.4, 0.5) is 0 Å². The van der Waals surface area contributed by atoms with Gasteiger partial charge in [-0.2, -0.15) is 0 Å². The fourth-order valence-electron chi connectivity index (χ4n) is 2.74. The molecular weight excluding hydrogens is 303 g/mol. The average Bonchev–Trinajstić information content (AvgIpc) is 2.77. The van der Waals surface area contributed by atoms with E-state index in [1.54, 1.807) is 18.3 Å². The maximum atomic E-state index is 12.3. The zero-order chi connectivity index (χ0) is 17.2. The maximum absolute atomic E-state index is 12.3. The first-order valence-electron chi connectivity index (χ1n) is 8.01. The van der Waals surface area contributed by atoms with Crippen molar-refractivity contribution in [3.05, 3.63) is 66.0 Å². The van der Waals surface area contributed by atoms with Gasteiger partial charge in [-0.1, -0.05) is 24.3 Å². The van der Waals surface area contributed by atoms with Crippen LogP contribution in [0.25, 0.3) is 0 Å². The number of carbonyl (C=O) groups is 1. The van der Waals surface area contributed by atoms with Crippen molar-refractivity contribution < 1.29 is 14.1 Å². The maximum Gasteiger partial charge on any atom is 0.594 e. The van der Waals surface area contributed by atoms with Gasteiger partial charge in [-0.15, -0.1) is 0 Å². The Labute approximate surface area is 142 Å². The SMILES string of the molecule is CC1(C)OB(NC(=O)c2ccccc2)OC1(C)Cc1ccccn1. The van der Waals surface area contributed by atoms with Crippen LogP contribution in [0.3, 0.4) is 0 Å². The molecule has 1 saturated heterocycles. The highest BCUT2D eigenvalue weighted by molar-refractivity contribution is 6.47. The first kappa shape index (κ1) is 16.7. The minimum atomic E-state index is -0.790. The van der Waals surface area contributed by atoms with E-state index in [1.165, 1.54) is 0 Å². The van der Waals surface area contributed by atoms with Gasteiger partial charge in [0.1, 0.15) is 0 Å². The summed E-state index contributed by atoms with van der Waals surface area (Å²) in [4.78, 5) is 16.7. The van der Waals surface area contributed by atoms with E-state index in [0.717, 1.165) is 5.69 Å². The molecular formula is C18H21BN2O3. The summed E-state index contributed by atoms with van der Waals surface area (Å²) in [5.74, 6) is -0.224. The van der Waals surface area contributed by atoms with Gasteiger partial charge in [-0.05, 0) is 45.0 Å². The second kappa shape index (κ2) is 6.38. The number of hydrogen-bond donors (Lipinski definition) is 1. The Bertz CT molecular complexity index is 709. The Balaban J connectivity index is 1.71. The van der Waals surface area contributed by atoms with E-state index < -0.39 is 18.5 Å². The van der Waals surface area contributed by atoms with Crippen molar-refractivity contribution in [3.63, 3.8) is 0 Å². The van der Waals surface area contributed by atoms with Gasteiger partial charge in [0.2, 0.25) is 5.91 Å². The molecule has 124 valence electrons. The molecule has 0 saturated carbocycles. The minimum absolute atomic E-state index is 0.224. The zero-order valence-corrected chi connectivity index (χ0v) is 14.2. The second-order valence-electron chi connectivity index (χ2n) is 6.65. The lowest BCUT2D eigenvalue weighted by Crippen LogP contribution is -2.46. The summed E-state index contributed by atoms with van der Waals surface area (Å²) in [6.07, 6.45) is 2.36. The molecule has 3 rings (SSSR count). The molecule has 1 unspecified atom stereocenters. The Morgan fingerprint density at radius 3 is 2.46 bits per heavy atom. The first-order chi connectivity index (χ1) is 11.4. The van der Waals surface area contributed by atoms with Gasteiger partial charge in [-0.25, -0.2) is 0 Å². The molecule has 1 amide bonds. The molecule has 1 fully saturated rings. The molecule has 1 atom stereocenters. The van der Waals surface area contributed by atoms with Crippen molar-refractivity contribution in [1.82, 2.24) is 10.2 Å². The van der Waals surface area contributed by atoms with Crippen molar-refractivity contribution in [2.45, 2.75) is 38.4 Å². The number of rotatable bonds is 4. The third-order valence-electron chi connectivity index (χ3n) is 4.57. The number of nitrogens with one attached hydrogen (secondary N) is 1. The highest BCUT2D eigenvalue weighted by Crippen LogP contribution is 2.38. The lowest BCUT2D eigenvalue weighted by molar-refractivity contribution is -0.00944. The molecule has 1 N–H and O–H groups in total. The van der Waals surface area contributed by atoms with Crippen LogP contribution in [-0.2, 0) is 15.7 Å². The number of amides is 1. The van der Waals surface area contributed by atoms with Gasteiger partial charge in [0.15, 0.2) is 0 Å². The van der Waals surface area contributed by atoms with Crippen molar-refractivity contribution in [2.24, 2.45) is 0 Å². The first-order valence-corrected chi connectivity index (χ1v) is 8.01. The summed E-state index contributed by atoms with van der Waals surface area (Å²) < 4.78 is 12.0. The third-order valence-corrected chi connectivity index (χ3v) is 4.57. The van der Waals surface area contributed by atoms with Gasteiger partial charge >= 0.3 is 7.25 Å². The van der Waals surface area contributed by atoms with E-state index in [4.69, 9.17) is 9.31 Å². The Kier molecular flexibility index (Phi) is 4.43. The fourth-order valence-corrected chi connectivity index (χ4v) is 2.74. The van der Waals surface area contributed by atoms with Crippen LogP contribution in [-0.4, -0.2) is 29.3 Å². The van der Waals surface area contributed by atoms with E-state index >= 15 is 0 Å². The summed E-state index contributed by atoms with van der Waals surface area (Å²) in [7, 11) is -0.790. The minimum Gasteiger partial charge on any atom is -0.384 e. The number of hydrogen-bond acceptors (Lipinski definition) is 4.